The summed E-state index contributed by atoms with van der Waals surface area (Å²) in [6.07, 6.45) is 5.50. The van der Waals surface area contributed by atoms with Crippen molar-refractivity contribution in [3.63, 3.8) is 0 Å². The molecule has 0 fully saturated rings. The lowest BCUT2D eigenvalue weighted by molar-refractivity contribution is 1.36. The summed E-state index contributed by atoms with van der Waals surface area (Å²) in [5.41, 5.74) is 13.7. The van der Waals surface area contributed by atoms with Gasteiger partial charge in [0.1, 0.15) is 0 Å². The third kappa shape index (κ3) is 5.34. The van der Waals surface area contributed by atoms with E-state index in [1.807, 2.05) is 36.8 Å². The summed E-state index contributed by atoms with van der Waals surface area (Å²) in [5.74, 6) is 0. The van der Waals surface area contributed by atoms with Crippen LogP contribution in [0.25, 0.3) is 121 Å². The fourth-order valence-electron chi connectivity index (χ4n) is 8.34. The summed E-state index contributed by atoms with van der Waals surface area (Å²) in [6, 6.07) is 57.4. The summed E-state index contributed by atoms with van der Waals surface area (Å²) in [5, 5.41) is 8.78. The van der Waals surface area contributed by atoms with Crippen molar-refractivity contribution in [1.82, 2.24) is 29.9 Å². The van der Waals surface area contributed by atoms with Crippen LogP contribution in [0.4, 0.5) is 0 Å². The van der Waals surface area contributed by atoms with Gasteiger partial charge in [-0.25, -0.2) is 15.0 Å². The minimum absolute atomic E-state index is 0.885. The molecule has 6 nitrogen and oxygen atoms in total. The first-order valence-electron chi connectivity index (χ1n) is 19.3. The second kappa shape index (κ2) is 12.8. The zero-order chi connectivity index (χ0) is 38.2. The average Bonchev–Trinajstić information content (AvgIpc) is 3.30. The van der Waals surface area contributed by atoms with Gasteiger partial charge in [0.25, 0.3) is 0 Å². The van der Waals surface area contributed by atoms with E-state index in [1.165, 1.54) is 0 Å². The first-order valence-corrected chi connectivity index (χ1v) is 19.3. The van der Waals surface area contributed by atoms with E-state index in [4.69, 9.17) is 19.9 Å². The molecule has 0 aliphatic rings. The Balaban J connectivity index is 0.844. The van der Waals surface area contributed by atoms with Crippen molar-refractivity contribution in [3.05, 3.63) is 182 Å². The molecule has 268 valence electrons. The molecule has 0 saturated carbocycles. The lowest BCUT2D eigenvalue weighted by atomic mass is 9.99. The highest BCUT2D eigenvalue weighted by Gasteiger charge is 2.13. The maximum Gasteiger partial charge on any atom is 0.0972 e. The number of benzene rings is 6. The van der Waals surface area contributed by atoms with E-state index in [2.05, 4.69) is 156 Å². The Bertz CT molecular complexity index is 3650. The van der Waals surface area contributed by atoms with Crippen molar-refractivity contribution in [2.24, 2.45) is 0 Å². The smallest absolute Gasteiger partial charge is 0.0972 e. The molecule has 58 heavy (non-hydrogen) atoms. The molecule has 0 spiro atoms. The van der Waals surface area contributed by atoms with Gasteiger partial charge in [-0.05, 0) is 88.6 Å². The molecule has 0 unspecified atom stereocenters. The fourth-order valence-corrected chi connectivity index (χ4v) is 8.34. The van der Waals surface area contributed by atoms with Gasteiger partial charge in [-0.2, -0.15) is 0 Å². The van der Waals surface area contributed by atoms with Crippen LogP contribution >= 0.6 is 0 Å². The van der Waals surface area contributed by atoms with Gasteiger partial charge >= 0.3 is 0 Å². The molecule has 6 aromatic carbocycles. The van der Waals surface area contributed by atoms with Crippen LogP contribution in [0.2, 0.25) is 0 Å². The number of pyridine rings is 6. The number of nitrogens with zero attached hydrogens (tertiary/aromatic N) is 6. The molecule has 0 amide bonds. The van der Waals surface area contributed by atoms with Crippen molar-refractivity contribution in [3.8, 4) is 44.9 Å². The van der Waals surface area contributed by atoms with Crippen LogP contribution in [0.1, 0.15) is 0 Å². The second-order valence-corrected chi connectivity index (χ2v) is 14.8. The van der Waals surface area contributed by atoms with Crippen LogP contribution in [0, 0.1) is 0 Å². The molecule has 12 rings (SSSR count). The molecule has 0 saturated heterocycles. The lowest BCUT2D eigenvalue weighted by Gasteiger charge is -2.10. The van der Waals surface area contributed by atoms with Crippen LogP contribution in [-0.4, -0.2) is 29.9 Å². The fraction of sp³-hybridized carbons (Fsp3) is 0. The standard InChI is InChI=1S/C52H30N6/c1-3-32-6-7-34-15-19-46(58-51(34)49(32)53-24-1)40-12-10-35-27-39(11-9-36(35)28-40)45-21-17-41-29-37(16-20-44(41)56-45)38-8-5-31-14-22-47(57-48(31)30-38)42-23-26-55-52-43(42)18-13-33-4-2-25-54-50(33)52/h1-30H. The van der Waals surface area contributed by atoms with Crippen LogP contribution in [0.5, 0.6) is 0 Å². The van der Waals surface area contributed by atoms with Crippen LogP contribution in [0.3, 0.4) is 0 Å². The van der Waals surface area contributed by atoms with E-state index in [9.17, 15) is 0 Å². The van der Waals surface area contributed by atoms with Gasteiger partial charge < -0.3 is 0 Å². The van der Waals surface area contributed by atoms with Gasteiger partial charge in [0.15, 0.2) is 0 Å². The van der Waals surface area contributed by atoms with Crippen LogP contribution < -0.4 is 0 Å². The van der Waals surface area contributed by atoms with Gasteiger partial charge in [-0.3, -0.25) is 15.0 Å². The topological polar surface area (TPSA) is 77.3 Å². The molecular formula is C52H30N6. The molecule has 12 aromatic rings. The second-order valence-electron chi connectivity index (χ2n) is 14.8. The van der Waals surface area contributed by atoms with E-state index >= 15 is 0 Å². The van der Waals surface area contributed by atoms with Crippen LogP contribution in [0.15, 0.2) is 182 Å². The zero-order valence-corrected chi connectivity index (χ0v) is 31.0. The van der Waals surface area contributed by atoms with E-state index in [-0.39, 0.29) is 0 Å². The number of fused-ring (bicyclic) bond motifs is 9. The summed E-state index contributed by atoms with van der Waals surface area (Å²) in [6.45, 7) is 0. The summed E-state index contributed by atoms with van der Waals surface area (Å²) in [7, 11) is 0. The van der Waals surface area contributed by atoms with Crippen molar-refractivity contribution < 1.29 is 0 Å². The van der Waals surface area contributed by atoms with Crippen LogP contribution in [-0.2, 0) is 0 Å². The molecule has 0 radical (unpaired) electrons. The van der Waals surface area contributed by atoms with E-state index in [1.54, 1.807) is 0 Å². The first-order chi connectivity index (χ1) is 28.7. The Morgan fingerprint density at radius 2 is 0.793 bits per heavy atom. The SMILES string of the molecule is c1cnc2c(c1)ccc1ccc(-c3ccc4cc(-c5ccc6cc(-c7ccc8ccc(-c9ccnc%10c9ccc9cccnc9%10)nc8c7)ccc6n5)ccc4c3)nc12. The third-order valence-electron chi connectivity index (χ3n) is 11.3. The number of hydrogen-bond donors (Lipinski definition) is 0. The van der Waals surface area contributed by atoms with Crippen molar-refractivity contribution in [2.45, 2.75) is 0 Å². The van der Waals surface area contributed by atoms with Crippen molar-refractivity contribution >= 4 is 76.2 Å². The minimum Gasteiger partial charge on any atom is -0.254 e. The molecule has 0 atom stereocenters. The lowest BCUT2D eigenvalue weighted by Crippen LogP contribution is -1.91. The predicted molar refractivity (Wildman–Crippen MR) is 237 cm³/mol. The highest BCUT2D eigenvalue weighted by Crippen LogP contribution is 2.34. The maximum absolute atomic E-state index is 5.17. The molecule has 0 aliphatic heterocycles. The van der Waals surface area contributed by atoms with Gasteiger partial charge in [0.2, 0.25) is 0 Å². The molecule has 6 heteroatoms. The Hall–Kier alpha value is -7.96. The van der Waals surface area contributed by atoms with Crippen molar-refractivity contribution in [2.75, 3.05) is 0 Å². The number of aromatic nitrogens is 6. The third-order valence-corrected chi connectivity index (χ3v) is 11.3. The van der Waals surface area contributed by atoms with Gasteiger partial charge in [0.05, 0.1) is 50.2 Å². The minimum atomic E-state index is 0.885. The summed E-state index contributed by atoms with van der Waals surface area (Å²) >= 11 is 0. The number of rotatable bonds is 4. The summed E-state index contributed by atoms with van der Waals surface area (Å²) in [4.78, 5) is 29.3. The largest absolute Gasteiger partial charge is 0.254 e. The molecule has 0 aliphatic carbocycles. The Labute approximate surface area is 332 Å². The zero-order valence-electron chi connectivity index (χ0n) is 31.0. The molecule has 6 heterocycles. The normalized spacial score (nSPS) is 11.8. The first kappa shape index (κ1) is 32.3. The Kier molecular flexibility index (Phi) is 7.13. The van der Waals surface area contributed by atoms with Gasteiger partial charge in [0, 0.05) is 67.6 Å². The predicted octanol–water partition coefficient (Wildman–Crippen LogP) is 12.8. The Morgan fingerprint density at radius 3 is 1.59 bits per heavy atom. The average molecular weight is 739 g/mol. The molecule has 0 bridgehead atoms. The van der Waals surface area contributed by atoms with E-state index < -0.39 is 0 Å². The quantitative estimate of drug-likeness (QED) is 0.167. The monoisotopic (exact) mass is 738 g/mol. The molecule has 0 N–H and O–H groups in total. The highest BCUT2D eigenvalue weighted by molar-refractivity contribution is 6.08. The Morgan fingerprint density at radius 1 is 0.276 bits per heavy atom. The van der Waals surface area contributed by atoms with E-state index in [0.717, 1.165) is 121 Å². The van der Waals surface area contributed by atoms with Gasteiger partial charge in [-0.15, -0.1) is 0 Å². The van der Waals surface area contributed by atoms with Gasteiger partial charge in [-0.1, -0.05) is 97.1 Å². The highest BCUT2D eigenvalue weighted by atomic mass is 14.8. The van der Waals surface area contributed by atoms with Crippen molar-refractivity contribution in [1.29, 1.82) is 0 Å². The summed E-state index contributed by atoms with van der Waals surface area (Å²) < 4.78 is 0. The molecule has 6 aromatic heterocycles. The molecular weight excluding hydrogens is 709 g/mol. The maximum atomic E-state index is 5.17. The van der Waals surface area contributed by atoms with E-state index in [0.29, 0.717) is 0 Å². The number of hydrogen-bond acceptors (Lipinski definition) is 6.